The molecule has 0 radical (unpaired) electrons. The first-order valence-electron chi connectivity index (χ1n) is 9.29. The number of carbonyl (C=O) groups is 1. The lowest BCUT2D eigenvalue weighted by molar-refractivity contribution is 0.0797. The van der Waals surface area contributed by atoms with Crippen LogP contribution in [0.25, 0.3) is 17.1 Å². The first-order valence-corrected chi connectivity index (χ1v) is 9.29. The van der Waals surface area contributed by atoms with Gasteiger partial charge >= 0.3 is 0 Å². The average Bonchev–Trinajstić information content (AvgIpc) is 3.19. The normalized spacial score (nSPS) is 10.6. The van der Waals surface area contributed by atoms with E-state index in [4.69, 9.17) is 9.47 Å². The van der Waals surface area contributed by atoms with Crippen LogP contribution in [0.15, 0.2) is 54.7 Å². The number of hydrogen-bond donors (Lipinski definition) is 0. The van der Waals surface area contributed by atoms with E-state index >= 15 is 0 Å². The summed E-state index contributed by atoms with van der Waals surface area (Å²) in [7, 11) is 3.40. The maximum atomic E-state index is 12.7. The van der Waals surface area contributed by atoms with Crippen LogP contribution < -0.4 is 9.47 Å². The Hall–Kier alpha value is -3.28. The topological polar surface area (TPSA) is 56.6 Å². The minimum Gasteiger partial charge on any atom is -0.497 e. The van der Waals surface area contributed by atoms with E-state index in [1.807, 2.05) is 66.9 Å². The third kappa shape index (κ3) is 4.01. The van der Waals surface area contributed by atoms with Crippen LogP contribution in [0.1, 0.15) is 24.3 Å². The summed E-state index contributed by atoms with van der Waals surface area (Å²) >= 11 is 0. The zero-order valence-electron chi connectivity index (χ0n) is 16.7. The number of methoxy groups -OCH3 is 1. The van der Waals surface area contributed by atoms with Gasteiger partial charge in [0.2, 0.25) is 0 Å². The van der Waals surface area contributed by atoms with Gasteiger partial charge in [0.15, 0.2) is 0 Å². The predicted molar refractivity (Wildman–Crippen MR) is 109 cm³/mol. The van der Waals surface area contributed by atoms with Crippen molar-refractivity contribution in [2.75, 3.05) is 27.3 Å². The van der Waals surface area contributed by atoms with E-state index in [2.05, 4.69) is 4.98 Å². The molecular formula is C22H25N3O3. The van der Waals surface area contributed by atoms with E-state index in [0.29, 0.717) is 24.7 Å². The molecule has 2 aromatic carbocycles. The number of rotatable bonds is 7. The van der Waals surface area contributed by atoms with Gasteiger partial charge in [-0.05, 0) is 62.4 Å². The monoisotopic (exact) mass is 379 g/mol. The van der Waals surface area contributed by atoms with Gasteiger partial charge in [0.25, 0.3) is 5.91 Å². The molecular weight excluding hydrogens is 354 g/mol. The molecule has 0 saturated heterocycles. The standard InChI is InChI=1S/C22H25N3O3/c1-5-24(3)22(26)20-15-25(17-9-13-19(14-10-17)28-6-2)21(23-20)16-7-11-18(27-4)12-8-16/h7-15H,5-6H2,1-4H3. The lowest BCUT2D eigenvalue weighted by Gasteiger charge is -2.11. The van der Waals surface area contributed by atoms with Crippen molar-refractivity contribution in [3.63, 3.8) is 0 Å². The molecule has 0 N–H and O–H groups in total. The minimum atomic E-state index is -0.109. The lowest BCUT2D eigenvalue weighted by Crippen LogP contribution is -2.26. The molecule has 0 aliphatic carbocycles. The van der Waals surface area contributed by atoms with Crippen LogP contribution >= 0.6 is 0 Å². The third-order valence-corrected chi connectivity index (χ3v) is 4.52. The van der Waals surface area contributed by atoms with Gasteiger partial charge < -0.3 is 14.4 Å². The van der Waals surface area contributed by atoms with E-state index in [0.717, 1.165) is 22.7 Å². The van der Waals surface area contributed by atoms with Gasteiger partial charge in [-0.2, -0.15) is 0 Å². The molecule has 0 spiro atoms. The fourth-order valence-corrected chi connectivity index (χ4v) is 2.83. The van der Waals surface area contributed by atoms with Crippen molar-refractivity contribution >= 4 is 5.91 Å². The molecule has 28 heavy (non-hydrogen) atoms. The third-order valence-electron chi connectivity index (χ3n) is 4.52. The Balaban J connectivity index is 2.07. The van der Waals surface area contributed by atoms with E-state index in [1.165, 1.54) is 0 Å². The summed E-state index contributed by atoms with van der Waals surface area (Å²) in [6, 6.07) is 15.4. The van der Waals surface area contributed by atoms with Crippen LogP contribution in [0.3, 0.4) is 0 Å². The average molecular weight is 379 g/mol. The Morgan fingerprint density at radius 3 is 2.25 bits per heavy atom. The van der Waals surface area contributed by atoms with E-state index < -0.39 is 0 Å². The Bertz CT molecular complexity index is 931. The van der Waals surface area contributed by atoms with Gasteiger partial charge in [0.05, 0.1) is 13.7 Å². The van der Waals surface area contributed by atoms with E-state index in [9.17, 15) is 4.79 Å². The van der Waals surface area contributed by atoms with Crippen LogP contribution in [0.4, 0.5) is 0 Å². The highest BCUT2D eigenvalue weighted by molar-refractivity contribution is 5.92. The largest absolute Gasteiger partial charge is 0.497 e. The second kappa shape index (κ2) is 8.61. The Morgan fingerprint density at radius 1 is 1.04 bits per heavy atom. The van der Waals surface area contributed by atoms with Crippen molar-refractivity contribution in [1.82, 2.24) is 14.5 Å². The molecule has 0 aliphatic rings. The van der Waals surface area contributed by atoms with Crippen molar-refractivity contribution in [2.45, 2.75) is 13.8 Å². The van der Waals surface area contributed by atoms with Crippen molar-refractivity contribution < 1.29 is 14.3 Å². The van der Waals surface area contributed by atoms with Gasteiger partial charge in [0, 0.05) is 31.0 Å². The molecule has 0 atom stereocenters. The highest BCUT2D eigenvalue weighted by atomic mass is 16.5. The fourth-order valence-electron chi connectivity index (χ4n) is 2.83. The second-order valence-corrected chi connectivity index (χ2v) is 6.29. The maximum Gasteiger partial charge on any atom is 0.273 e. The molecule has 1 amide bonds. The zero-order valence-corrected chi connectivity index (χ0v) is 16.7. The molecule has 146 valence electrons. The van der Waals surface area contributed by atoms with Gasteiger partial charge in [-0.3, -0.25) is 9.36 Å². The quantitative estimate of drug-likeness (QED) is 0.622. The van der Waals surface area contributed by atoms with Crippen molar-refractivity contribution in [3.05, 3.63) is 60.4 Å². The summed E-state index contributed by atoms with van der Waals surface area (Å²) in [5.41, 5.74) is 2.21. The summed E-state index contributed by atoms with van der Waals surface area (Å²) in [4.78, 5) is 18.9. The summed E-state index contributed by atoms with van der Waals surface area (Å²) in [6.45, 7) is 5.12. The maximum absolute atomic E-state index is 12.7. The number of aromatic nitrogens is 2. The van der Waals surface area contributed by atoms with Crippen molar-refractivity contribution in [3.8, 4) is 28.6 Å². The van der Waals surface area contributed by atoms with E-state index in [1.54, 1.807) is 25.3 Å². The van der Waals surface area contributed by atoms with Crippen LogP contribution in [0, 0.1) is 0 Å². The molecule has 0 saturated carbocycles. The fraction of sp³-hybridized carbons (Fsp3) is 0.273. The van der Waals surface area contributed by atoms with Crippen LogP contribution in [0.5, 0.6) is 11.5 Å². The molecule has 3 rings (SSSR count). The van der Waals surface area contributed by atoms with Gasteiger partial charge in [-0.25, -0.2) is 4.98 Å². The number of hydrogen-bond acceptors (Lipinski definition) is 4. The Morgan fingerprint density at radius 2 is 1.68 bits per heavy atom. The van der Waals surface area contributed by atoms with Crippen LogP contribution in [-0.2, 0) is 0 Å². The molecule has 0 unspecified atom stereocenters. The number of ether oxygens (including phenoxy) is 2. The summed E-state index contributed by atoms with van der Waals surface area (Å²) in [6.07, 6.45) is 1.78. The van der Waals surface area contributed by atoms with Gasteiger partial charge in [-0.15, -0.1) is 0 Å². The van der Waals surface area contributed by atoms with Gasteiger partial charge in [-0.1, -0.05) is 0 Å². The molecule has 1 heterocycles. The Kier molecular flexibility index (Phi) is 5.99. The molecule has 0 bridgehead atoms. The van der Waals surface area contributed by atoms with Crippen molar-refractivity contribution in [2.24, 2.45) is 0 Å². The predicted octanol–water partition coefficient (Wildman–Crippen LogP) is 4.04. The number of imidazole rings is 1. The highest BCUT2D eigenvalue weighted by Gasteiger charge is 2.19. The summed E-state index contributed by atoms with van der Waals surface area (Å²) < 4.78 is 12.7. The number of carbonyl (C=O) groups excluding carboxylic acids is 1. The lowest BCUT2D eigenvalue weighted by atomic mass is 10.2. The molecule has 3 aromatic rings. The highest BCUT2D eigenvalue weighted by Crippen LogP contribution is 2.26. The smallest absolute Gasteiger partial charge is 0.273 e. The number of amides is 1. The molecule has 0 fully saturated rings. The number of benzene rings is 2. The SMILES string of the molecule is CCOc1ccc(-n2cc(C(=O)N(C)CC)nc2-c2ccc(OC)cc2)cc1. The minimum absolute atomic E-state index is 0.109. The zero-order chi connectivity index (χ0) is 20.1. The molecule has 0 aliphatic heterocycles. The van der Waals surface area contributed by atoms with Crippen molar-refractivity contribution in [1.29, 1.82) is 0 Å². The first-order chi connectivity index (χ1) is 13.6. The summed E-state index contributed by atoms with van der Waals surface area (Å²) in [5, 5.41) is 0. The molecule has 1 aromatic heterocycles. The van der Waals surface area contributed by atoms with Crippen LogP contribution in [-0.4, -0.2) is 47.7 Å². The Labute approximate surface area is 165 Å². The van der Waals surface area contributed by atoms with Crippen LogP contribution in [0.2, 0.25) is 0 Å². The second-order valence-electron chi connectivity index (χ2n) is 6.29. The van der Waals surface area contributed by atoms with E-state index in [-0.39, 0.29) is 5.91 Å². The molecule has 6 nitrogen and oxygen atoms in total. The molecule has 6 heteroatoms. The van der Waals surface area contributed by atoms with Gasteiger partial charge in [0.1, 0.15) is 23.0 Å². The number of nitrogens with zero attached hydrogens (tertiary/aromatic N) is 3. The first kappa shape index (κ1) is 19.5. The summed E-state index contributed by atoms with van der Waals surface area (Å²) in [5.74, 6) is 2.16.